The summed E-state index contributed by atoms with van der Waals surface area (Å²) >= 11 is 0. The van der Waals surface area contributed by atoms with Gasteiger partial charge in [-0.25, -0.2) is 4.79 Å². The summed E-state index contributed by atoms with van der Waals surface area (Å²) in [6.07, 6.45) is 2.34. The lowest BCUT2D eigenvalue weighted by molar-refractivity contribution is 0.198. The molecule has 1 fully saturated rings. The van der Waals surface area contributed by atoms with Gasteiger partial charge in [-0.05, 0) is 37.2 Å². The van der Waals surface area contributed by atoms with E-state index < -0.39 is 0 Å². The third-order valence-corrected chi connectivity index (χ3v) is 4.04. The molecule has 1 aliphatic carbocycles. The predicted molar refractivity (Wildman–Crippen MR) is 79.3 cm³/mol. The Hall–Kier alpha value is -1.55. The van der Waals surface area contributed by atoms with Crippen LogP contribution >= 0.6 is 0 Å². The van der Waals surface area contributed by atoms with Crippen molar-refractivity contribution in [3.8, 4) is 0 Å². The largest absolute Gasteiger partial charge is 0.396 e. The van der Waals surface area contributed by atoms with E-state index in [2.05, 4.69) is 22.8 Å². The quantitative estimate of drug-likeness (QED) is 0.747. The summed E-state index contributed by atoms with van der Waals surface area (Å²) in [4.78, 5) is 12.1. The number of carbonyl (C=O) groups excluding carboxylic acids is 1. The fraction of sp³-hybridized carbons (Fsp3) is 0.562. The molecule has 1 aromatic carbocycles. The van der Waals surface area contributed by atoms with Crippen molar-refractivity contribution < 1.29 is 9.90 Å². The van der Waals surface area contributed by atoms with E-state index in [0.717, 1.165) is 5.56 Å². The number of aliphatic hydroxyl groups excluding tert-OH is 1. The number of amides is 2. The van der Waals surface area contributed by atoms with E-state index in [1.54, 1.807) is 0 Å². The zero-order valence-electron chi connectivity index (χ0n) is 12.2. The van der Waals surface area contributed by atoms with Gasteiger partial charge < -0.3 is 15.7 Å². The number of hydrogen-bond acceptors (Lipinski definition) is 2. The van der Waals surface area contributed by atoms with Crippen molar-refractivity contribution in [3.05, 3.63) is 35.9 Å². The SMILES string of the molecule is CC(CO)C(C)NC(=O)NC(c1ccccc1)C1CC1. The predicted octanol–water partition coefficient (Wildman–Crippen LogP) is 2.45. The van der Waals surface area contributed by atoms with Gasteiger partial charge in [0.1, 0.15) is 0 Å². The maximum Gasteiger partial charge on any atom is 0.315 e. The molecule has 0 heterocycles. The summed E-state index contributed by atoms with van der Waals surface area (Å²) in [7, 11) is 0. The topological polar surface area (TPSA) is 61.4 Å². The highest BCUT2D eigenvalue weighted by atomic mass is 16.3. The van der Waals surface area contributed by atoms with Gasteiger partial charge in [0.2, 0.25) is 0 Å². The lowest BCUT2D eigenvalue weighted by atomic mass is 10.0. The van der Waals surface area contributed by atoms with Gasteiger partial charge in [-0.1, -0.05) is 37.3 Å². The Bertz CT molecular complexity index is 431. The molecule has 4 nitrogen and oxygen atoms in total. The molecule has 0 aromatic heterocycles. The van der Waals surface area contributed by atoms with Crippen LogP contribution in [-0.2, 0) is 0 Å². The number of benzene rings is 1. The van der Waals surface area contributed by atoms with Crippen molar-refractivity contribution in [2.24, 2.45) is 11.8 Å². The van der Waals surface area contributed by atoms with Crippen molar-refractivity contribution in [1.29, 1.82) is 0 Å². The third-order valence-electron chi connectivity index (χ3n) is 4.04. The minimum Gasteiger partial charge on any atom is -0.396 e. The Morgan fingerprint density at radius 1 is 1.25 bits per heavy atom. The minimum atomic E-state index is -0.154. The van der Waals surface area contributed by atoms with Crippen LogP contribution in [0.15, 0.2) is 30.3 Å². The summed E-state index contributed by atoms with van der Waals surface area (Å²) in [5.74, 6) is 0.602. The summed E-state index contributed by atoms with van der Waals surface area (Å²) in [5.41, 5.74) is 1.16. The van der Waals surface area contributed by atoms with E-state index in [1.165, 1.54) is 12.8 Å². The second kappa shape index (κ2) is 6.75. The molecule has 2 amide bonds. The highest BCUT2D eigenvalue weighted by molar-refractivity contribution is 5.74. The zero-order valence-corrected chi connectivity index (χ0v) is 12.2. The maximum atomic E-state index is 12.1. The third kappa shape index (κ3) is 3.97. The van der Waals surface area contributed by atoms with Gasteiger partial charge >= 0.3 is 6.03 Å². The molecule has 2 rings (SSSR count). The smallest absolute Gasteiger partial charge is 0.315 e. The standard InChI is InChI=1S/C16H24N2O2/c1-11(10-19)12(2)17-16(20)18-15(14-8-9-14)13-6-4-3-5-7-13/h3-7,11-12,14-15,19H,8-10H2,1-2H3,(H2,17,18,20). The van der Waals surface area contributed by atoms with Crippen LogP contribution < -0.4 is 10.6 Å². The first-order valence-corrected chi connectivity index (χ1v) is 7.34. The number of hydrogen-bond donors (Lipinski definition) is 3. The van der Waals surface area contributed by atoms with E-state index in [4.69, 9.17) is 5.11 Å². The van der Waals surface area contributed by atoms with Crippen LogP contribution in [0.3, 0.4) is 0 Å². The maximum absolute atomic E-state index is 12.1. The highest BCUT2D eigenvalue weighted by Crippen LogP contribution is 2.40. The number of carbonyl (C=O) groups is 1. The summed E-state index contributed by atoms with van der Waals surface area (Å²) in [5, 5.41) is 15.1. The van der Waals surface area contributed by atoms with Crippen LogP contribution in [0.1, 0.15) is 38.3 Å². The Morgan fingerprint density at radius 3 is 2.45 bits per heavy atom. The normalized spacial score (nSPS) is 18.9. The van der Waals surface area contributed by atoms with E-state index >= 15 is 0 Å². The van der Waals surface area contributed by atoms with Crippen molar-refractivity contribution in [3.63, 3.8) is 0 Å². The molecular formula is C16H24N2O2. The monoisotopic (exact) mass is 276 g/mol. The van der Waals surface area contributed by atoms with Gasteiger partial charge in [-0.3, -0.25) is 0 Å². The second-order valence-electron chi connectivity index (χ2n) is 5.79. The first kappa shape index (κ1) is 14.9. The molecule has 3 atom stereocenters. The van der Waals surface area contributed by atoms with Crippen molar-refractivity contribution in [2.75, 3.05) is 6.61 Å². The zero-order chi connectivity index (χ0) is 14.5. The average Bonchev–Trinajstić information content (AvgIpc) is 3.29. The van der Waals surface area contributed by atoms with Gasteiger partial charge in [-0.15, -0.1) is 0 Å². The minimum absolute atomic E-state index is 0.0457. The summed E-state index contributed by atoms with van der Waals surface area (Å²) < 4.78 is 0. The molecule has 0 aliphatic heterocycles. The van der Waals surface area contributed by atoms with Crippen molar-refractivity contribution >= 4 is 6.03 Å². The van der Waals surface area contributed by atoms with Crippen LogP contribution in [0.4, 0.5) is 4.79 Å². The van der Waals surface area contributed by atoms with Crippen LogP contribution in [0.25, 0.3) is 0 Å². The Kier molecular flexibility index (Phi) is 5.01. The molecule has 4 heteroatoms. The molecule has 1 saturated carbocycles. The van der Waals surface area contributed by atoms with Crippen LogP contribution in [0, 0.1) is 11.8 Å². The second-order valence-corrected chi connectivity index (χ2v) is 5.79. The Labute approximate surface area is 120 Å². The fourth-order valence-corrected chi connectivity index (χ4v) is 2.25. The van der Waals surface area contributed by atoms with Crippen molar-refractivity contribution in [1.82, 2.24) is 10.6 Å². The molecule has 0 spiro atoms. The van der Waals surface area contributed by atoms with E-state index in [9.17, 15) is 4.79 Å². The molecule has 3 unspecified atom stereocenters. The number of rotatable bonds is 6. The summed E-state index contributed by atoms with van der Waals surface area (Å²) in [6, 6.07) is 9.99. The van der Waals surface area contributed by atoms with E-state index in [1.807, 2.05) is 32.0 Å². The Morgan fingerprint density at radius 2 is 1.90 bits per heavy atom. The van der Waals surface area contributed by atoms with E-state index in [0.29, 0.717) is 5.92 Å². The van der Waals surface area contributed by atoms with Gasteiger partial charge in [0.25, 0.3) is 0 Å². The fourth-order valence-electron chi connectivity index (χ4n) is 2.25. The van der Waals surface area contributed by atoms with Crippen LogP contribution in [0.5, 0.6) is 0 Å². The molecular weight excluding hydrogens is 252 g/mol. The first-order valence-electron chi connectivity index (χ1n) is 7.34. The molecule has 3 N–H and O–H groups in total. The lowest BCUT2D eigenvalue weighted by Gasteiger charge is -2.23. The Balaban J connectivity index is 1.94. The lowest BCUT2D eigenvalue weighted by Crippen LogP contribution is -2.45. The molecule has 0 saturated heterocycles. The number of urea groups is 1. The first-order chi connectivity index (χ1) is 9.61. The molecule has 0 bridgehead atoms. The van der Waals surface area contributed by atoms with Gasteiger partial charge in [0.05, 0.1) is 6.04 Å². The van der Waals surface area contributed by atoms with E-state index in [-0.39, 0.29) is 30.6 Å². The van der Waals surface area contributed by atoms with Crippen molar-refractivity contribution in [2.45, 2.75) is 38.8 Å². The molecule has 0 radical (unpaired) electrons. The van der Waals surface area contributed by atoms with Crippen LogP contribution in [0.2, 0.25) is 0 Å². The van der Waals surface area contributed by atoms with Gasteiger partial charge in [0.15, 0.2) is 0 Å². The molecule has 1 aromatic rings. The molecule has 110 valence electrons. The van der Waals surface area contributed by atoms with Crippen LogP contribution in [-0.4, -0.2) is 23.8 Å². The molecule has 20 heavy (non-hydrogen) atoms. The molecule has 1 aliphatic rings. The number of aliphatic hydroxyl groups is 1. The highest BCUT2D eigenvalue weighted by Gasteiger charge is 2.33. The van der Waals surface area contributed by atoms with Gasteiger partial charge in [-0.2, -0.15) is 0 Å². The number of nitrogens with one attached hydrogen (secondary N) is 2. The average molecular weight is 276 g/mol. The summed E-state index contributed by atoms with van der Waals surface area (Å²) in [6.45, 7) is 3.90. The van der Waals surface area contributed by atoms with Gasteiger partial charge in [0, 0.05) is 12.6 Å².